The van der Waals surface area contributed by atoms with Crippen molar-refractivity contribution in [3.63, 3.8) is 0 Å². The van der Waals surface area contributed by atoms with Gasteiger partial charge in [0.25, 0.3) is 0 Å². The Morgan fingerprint density at radius 2 is 1.72 bits per heavy atom. The van der Waals surface area contributed by atoms with Gasteiger partial charge in [-0.1, -0.05) is 26.2 Å². The first-order valence-corrected chi connectivity index (χ1v) is 8.32. The average molecular weight is 250 g/mol. The van der Waals surface area contributed by atoms with E-state index in [1.54, 1.807) is 0 Å². The van der Waals surface area contributed by atoms with Crippen LogP contribution >= 0.6 is 0 Å². The molecule has 1 aliphatic heterocycles. The van der Waals surface area contributed by atoms with E-state index < -0.39 is 0 Å². The first-order valence-electron chi connectivity index (χ1n) is 8.32. The maximum atomic E-state index is 3.96. The summed E-state index contributed by atoms with van der Waals surface area (Å²) in [4.78, 5) is 2.77. The zero-order valence-corrected chi connectivity index (χ0v) is 12.0. The monoisotopic (exact) mass is 250 g/mol. The molecule has 1 N–H and O–H groups in total. The molecule has 2 heteroatoms. The summed E-state index contributed by atoms with van der Waals surface area (Å²) in [6.07, 6.45) is 11.5. The van der Waals surface area contributed by atoms with Crippen molar-refractivity contribution < 1.29 is 0 Å². The van der Waals surface area contributed by atoms with Crippen LogP contribution in [0.5, 0.6) is 0 Å². The summed E-state index contributed by atoms with van der Waals surface area (Å²) in [5, 5.41) is 3.96. The van der Waals surface area contributed by atoms with Gasteiger partial charge in [-0.2, -0.15) is 0 Å². The summed E-state index contributed by atoms with van der Waals surface area (Å²) < 4.78 is 0. The molecule has 1 saturated heterocycles. The van der Waals surface area contributed by atoms with Gasteiger partial charge in [-0.25, -0.2) is 0 Å². The van der Waals surface area contributed by atoms with Crippen LogP contribution in [0.25, 0.3) is 0 Å². The molecule has 0 amide bonds. The molecule has 2 atom stereocenters. The number of hydrogen-bond donors (Lipinski definition) is 1. The molecule has 2 saturated carbocycles. The van der Waals surface area contributed by atoms with Crippen molar-refractivity contribution in [2.75, 3.05) is 19.6 Å². The smallest absolute Gasteiger partial charge is 0.0200 e. The largest absolute Gasteiger partial charge is 0.310 e. The fourth-order valence-electron chi connectivity index (χ4n) is 3.96. The number of likely N-dealkylation sites (tertiary alicyclic amines) is 1. The highest BCUT2D eigenvalue weighted by Crippen LogP contribution is 2.32. The van der Waals surface area contributed by atoms with Gasteiger partial charge < -0.3 is 10.2 Å². The van der Waals surface area contributed by atoms with Crippen LogP contribution in [-0.4, -0.2) is 36.6 Å². The van der Waals surface area contributed by atoms with Gasteiger partial charge in [0.1, 0.15) is 0 Å². The molecular weight excluding hydrogens is 220 g/mol. The van der Waals surface area contributed by atoms with E-state index in [2.05, 4.69) is 17.1 Å². The molecule has 2 aliphatic carbocycles. The Morgan fingerprint density at radius 1 is 0.944 bits per heavy atom. The van der Waals surface area contributed by atoms with Gasteiger partial charge in [0.15, 0.2) is 0 Å². The lowest BCUT2D eigenvalue weighted by molar-refractivity contribution is 0.128. The van der Waals surface area contributed by atoms with E-state index in [0.717, 1.165) is 23.9 Å². The Kier molecular flexibility index (Phi) is 4.25. The standard InChI is InChI=1S/C16H30N2/c1-2-13-9-16(17-15-5-3-4-6-15)12-18(10-13)11-14-7-8-14/h13-17H,2-12H2,1H3. The van der Waals surface area contributed by atoms with Crippen LogP contribution in [0.2, 0.25) is 0 Å². The molecule has 3 aliphatic rings. The van der Waals surface area contributed by atoms with E-state index in [-0.39, 0.29) is 0 Å². The van der Waals surface area contributed by atoms with E-state index in [1.165, 1.54) is 71.0 Å². The predicted molar refractivity (Wildman–Crippen MR) is 76.7 cm³/mol. The van der Waals surface area contributed by atoms with Crippen LogP contribution in [0.4, 0.5) is 0 Å². The average Bonchev–Trinajstić information content (AvgIpc) is 3.03. The van der Waals surface area contributed by atoms with Gasteiger partial charge in [0.05, 0.1) is 0 Å². The van der Waals surface area contributed by atoms with Crippen molar-refractivity contribution in [3.05, 3.63) is 0 Å². The molecule has 0 spiro atoms. The first kappa shape index (κ1) is 12.9. The lowest BCUT2D eigenvalue weighted by Gasteiger charge is -2.39. The minimum atomic E-state index is 0.783. The van der Waals surface area contributed by atoms with Crippen LogP contribution in [0.3, 0.4) is 0 Å². The summed E-state index contributed by atoms with van der Waals surface area (Å²) in [7, 11) is 0. The van der Waals surface area contributed by atoms with Crippen molar-refractivity contribution in [3.8, 4) is 0 Å². The number of nitrogens with one attached hydrogen (secondary N) is 1. The molecule has 0 bridgehead atoms. The van der Waals surface area contributed by atoms with Crippen LogP contribution in [0.15, 0.2) is 0 Å². The predicted octanol–water partition coefficient (Wildman–Crippen LogP) is 3.03. The fourth-order valence-corrected chi connectivity index (χ4v) is 3.96. The maximum Gasteiger partial charge on any atom is 0.0200 e. The second-order valence-electron chi connectivity index (χ2n) is 7.02. The summed E-state index contributed by atoms with van der Waals surface area (Å²) in [6, 6.07) is 1.62. The molecule has 0 aromatic rings. The van der Waals surface area contributed by atoms with Gasteiger partial charge >= 0.3 is 0 Å². The Morgan fingerprint density at radius 3 is 2.39 bits per heavy atom. The molecule has 0 aromatic carbocycles. The van der Waals surface area contributed by atoms with E-state index in [0.29, 0.717) is 0 Å². The van der Waals surface area contributed by atoms with E-state index in [9.17, 15) is 0 Å². The zero-order valence-electron chi connectivity index (χ0n) is 12.0. The van der Waals surface area contributed by atoms with Crippen LogP contribution in [0.1, 0.15) is 58.3 Å². The molecule has 2 unspecified atom stereocenters. The van der Waals surface area contributed by atoms with Crippen molar-refractivity contribution in [1.82, 2.24) is 10.2 Å². The molecule has 18 heavy (non-hydrogen) atoms. The van der Waals surface area contributed by atoms with Crippen molar-refractivity contribution >= 4 is 0 Å². The molecule has 1 heterocycles. The van der Waals surface area contributed by atoms with E-state index in [4.69, 9.17) is 0 Å². The van der Waals surface area contributed by atoms with Crippen molar-refractivity contribution in [1.29, 1.82) is 0 Å². The highest BCUT2D eigenvalue weighted by atomic mass is 15.2. The Balaban J connectivity index is 1.51. The van der Waals surface area contributed by atoms with E-state index >= 15 is 0 Å². The van der Waals surface area contributed by atoms with Gasteiger partial charge in [-0.05, 0) is 43.9 Å². The number of rotatable bonds is 5. The third-order valence-electron chi connectivity index (χ3n) is 5.23. The topological polar surface area (TPSA) is 15.3 Å². The van der Waals surface area contributed by atoms with Crippen LogP contribution in [0, 0.1) is 11.8 Å². The summed E-state index contributed by atoms with van der Waals surface area (Å²) in [5.41, 5.74) is 0. The molecule has 3 rings (SSSR count). The van der Waals surface area contributed by atoms with Gasteiger partial charge in [-0.15, -0.1) is 0 Å². The van der Waals surface area contributed by atoms with Crippen LogP contribution in [-0.2, 0) is 0 Å². The third kappa shape index (κ3) is 3.48. The molecule has 2 nitrogen and oxygen atoms in total. The maximum absolute atomic E-state index is 3.96. The number of piperidine rings is 1. The molecule has 0 radical (unpaired) electrons. The SMILES string of the molecule is CCC1CC(NC2CCCC2)CN(CC2CC2)C1. The number of hydrogen-bond acceptors (Lipinski definition) is 2. The summed E-state index contributed by atoms with van der Waals surface area (Å²) in [5.74, 6) is 1.99. The summed E-state index contributed by atoms with van der Waals surface area (Å²) >= 11 is 0. The van der Waals surface area contributed by atoms with Gasteiger partial charge in [0.2, 0.25) is 0 Å². The second-order valence-corrected chi connectivity index (χ2v) is 7.02. The van der Waals surface area contributed by atoms with E-state index in [1.807, 2.05) is 0 Å². The highest BCUT2D eigenvalue weighted by molar-refractivity contribution is 4.89. The third-order valence-corrected chi connectivity index (χ3v) is 5.23. The zero-order chi connectivity index (χ0) is 12.4. The molecule has 3 fully saturated rings. The number of nitrogens with zero attached hydrogens (tertiary/aromatic N) is 1. The lowest BCUT2D eigenvalue weighted by atomic mass is 9.91. The lowest BCUT2D eigenvalue weighted by Crippen LogP contribution is -2.51. The normalized spacial score (nSPS) is 35.2. The second kappa shape index (κ2) is 5.92. The highest BCUT2D eigenvalue weighted by Gasteiger charge is 2.31. The summed E-state index contributed by atoms with van der Waals surface area (Å²) in [6.45, 7) is 6.45. The minimum absolute atomic E-state index is 0.783. The van der Waals surface area contributed by atoms with Crippen molar-refractivity contribution in [2.45, 2.75) is 70.4 Å². The molecule has 0 aromatic heterocycles. The van der Waals surface area contributed by atoms with Crippen LogP contribution < -0.4 is 5.32 Å². The Bertz CT molecular complexity index is 256. The fraction of sp³-hybridized carbons (Fsp3) is 1.00. The Labute approximate surface area is 113 Å². The first-order chi connectivity index (χ1) is 8.83. The van der Waals surface area contributed by atoms with Crippen molar-refractivity contribution in [2.24, 2.45) is 11.8 Å². The Hall–Kier alpha value is -0.0800. The van der Waals surface area contributed by atoms with Gasteiger partial charge in [-0.3, -0.25) is 0 Å². The molecular formula is C16H30N2. The molecule has 104 valence electrons. The van der Waals surface area contributed by atoms with Gasteiger partial charge in [0, 0.05) is 31.7 Å². The quantitative estimate of drug-likeness (QED) is 0.807. The minimum Gasteiger partial charge on any atom is -0.310 e.